The Bertz CT molecular complexity index is 794. The van der Waals surface area contributed by atoms with Crippen molar-refractivity contribution in [1.82, 2.24) is 24.8 Å². The van der Waals surface area contributed by atoms with Crippen LogP contribution in [0.25, 0.3) is 11.4 Å². The summed E-state index contributed by atoms with van der Waals surface area (Å²) in [5.41, 5.74) is 0.890. The monoisotopic (exact) mass is 417 g/mol. The lowest BCUT2D eigenvalue weighted by Gasteiger charge is -2.34. The maximum Gasteiger partial charge on any atom is 0.241 e. The maximum absolute atomic E-state index is 12.6. The van der Waals surface area contributed by atoms with Gasteiger partial charge in [0.25, 0.3) is 0 Å². The lowest BCUT2D eigenvalue weighted by atomic mass is 10.2. The molecule has 7 nitrogen and oxygen atoms in total. The average Bonchev–Trinajstić information content (AvgIpc) is 3.02. The number of aromatic nitrogens is 2. The molecule has 2 aliphatic rings. The van der Waals surface area contributed by atoms with E-state index in [2.05, 4.69) is 24.8 Å². The van der Waals surface area contributed by atoms with Gasteiger partial charge in [-0.15, -0.1) is 0 Å². The van der Waals surface area contributed by atoms with Gasteiger partial charge in [0.2, 0.25) is 17.6 Å². The first-order chi connectivity index (χ1) is 14.2. The largest absolute Gasteiger partial charge is 0.342 e. The molecule has 2 aliphatic heterocycles. The number of amides is 1. The molecule has 1 aromatic heterocycles. The molecule has 0 unspecified atom stereocenters. The van der Waals surface area contributed by atoms with Gasteiger partial charge >= 0.3 is 0 Å². The zero-order chi connectivity index (χ0) is 20.1. The molecule has 1 amide bonds. The minimum atomic E-state index is 0.282. The minimum Gasteiger partial charge on any atom is -0.342 e. The first kappa shape index (κ1) is 20.3. The molecule has 0 saturated carbocycles. The summed E-state index contributed by atoms with van der Waals surface area (Å²) < 4.78 is 5.42. The van der Waals surface area contributed by atoms with Gasteiger partial charge in [-0.2, -0.15) is 4.98 Å². The Hall–Kier alpha value is -1.96. The third kappa shape index (κ3) is 5.56. The predicted octanol–water partition coefficient (Wildman–Crippen LogP) is 2.91. The molecule has 2 saturated heterocycles. The zero-order valence-corrected chi connectivity index (χ0v) is 17.5. The molecule has 0 spiro atoms. The van der Waals surface area contributed by atoms with Crippen LogP contribution in [0.15, 0.2) is 28.8 Å². The number of benzene rings is 1. The Labute approximate surface area is 176 Å². The molecule has 0 bridgehead atoms. The molecule has 4 rings (SSSR count). The number of rotatable bonds is 5. The van der Waals surface area contributed by atoms with Crippen molar-refractivity contribution in [3.8, 4) is 11.4 Å². The van der Waals surface area contributed by atoms with Crippen molar-refractivity contribution in [3.05, 3.63) is 35.2 Å². The molecule has 156 valence electrons. The molecule has 1 aromatic carbocycles. The molecular formula is C21H28ClN5O2. The third-order valence-electron chi connectivity index (χ3n) is 5.71. The number of halogens is 1. The van der Waals surface area contributed by atoms with E-state index in [0.29, 0.717) is 29.8 Å². The summed E-state index contributed by atoms with van der Waals surface area (Å²) in [6.45, 7) is 6.58. The summed E-state index contributed by atoms with van der Waals surface area (Å²) in [6.07, 6.45) is 4.78. The van der Waals surface area contributed by atoms with E-state index < -0.39 is 0 Å². The number of likely N-dealkylation sites (tertiary alicyclic amines) is 1. The van der Waals surface area contributed by atoms with Crippen molar-refractivity contribution in [2.45, 2.75) is 32.2 Å². The van der Waals surface area contributed by atoms with Crippen LogP contribution in [-0.4, -0.2) is 76.6 Å². The Morgan fingerprint density at radius 1 is 0.931 bits per heavy atom. The van der Waals surface area contributed by atoms with Gasteiger partial charge in [-0.3, -0.25) is 14.6 Å². The second-order valence-electron chi connectivity index (χ2n) is 7.87. The molecule has 3 heterocycles. The maximum atomic E-state index is 12.6. The molecule has 0 aliphatic carbocycles. The van der Waals surface area contributed by atoms with Crippen molar-refractivity contribution >= 4 is 17.5 Å². The minimum absolute atomic E-state index is 0.282. The standard InChI is InChI=1S/C21H28ClN5O2/c22-18-7-5-17(6-8-18)21-23-19(29-24-21)15-25-11-13-26(14-12-25)16-20(28)27-9-3-1-2-4-10-27/h5-8H,1-4,9-16H2. The summed E-state index contributed by atoms with van der Waals surface area (Å²) in [6, 6.07) is 7.41. The highest BCUT2D eigenvalue weighted by Crippen LogP contribution is 2.19. The Balaban J connectivity index is 1.24. The van der Waals surface area contributed by atoms with E-state index in [1.54, 1.807) is 0 Å². The fraction of sp³-hybridized carbons (Fsp3) is 0.571. The summed E-state index contributed by atoms with van der Waals surface area (Å²) in [5, 5.41) is 4.76. The second kappa shape index (κ2) is 9.69. The van der Waals surface area contributed by atoms with Crippen LogP contribution in [0.3, 0.4) is 0 Å². The molecule has 8 heteroatoms. The normalized spacial score (nSPS) is 19.3. The van der Waals surface area contributed by atoms with Gasteiger partial charge in [-0.1, -0.05) is 29.6 Å². The quantitative estimate of drug-likeness (QED) is 0.745. The van der Waals surface area contributed by atoms with Crippen molar-refractivity contribution in [2.24, 2.45) is 0 Å². The van der Waals surface area contributed by atoms with Gasteiger partial charge in [0.15, 0.2) is 0 Å². The van der Waals surface area contributed by atoms with Crippen molar-refractivity contribution < 1.29 is 9.32 Å². The summed E-state index contributed by atoms with van der Waals surface area (Å²) in [7, 11) is 0. The molecule has 29 heavy (non-hydrogen) atoms. The Morgan fingerprint density at radius 2 is 1.59 bits per heavy atom. The van der Waals surface area contributed by atoms with E-state index in [1.807, 2.05) is 24.3 Å². The van der Waals surface area contributed by atoms with Crippen LogP contribution in [0.1, 0.15) is 31.6 Å². The lowest BCUT2D eigenvalue weighted by molar-refractivity contribution is -0.132. The number of carbonyl (C=O) groups excluding carboxylic acids is 1. The number of nitrogens with zero attached hydrogens (tertiary/aromatic N) is 5. The van der Waals surface area contributed by atoms with Gasteiger partial charge in [0.05, 0.1) is 13.1 Å². The van der Waals surface area contributed by atoms with Crippen molar-refractivity contribution in [2.75, 3.05) is 45.8 Å². The highest BCUT2D eigenvalue weighted by molar-refractivity contribution is 6.30. The SMILES string of the molecule is O=C(CN1CCN(Cc2nc(-c3ccc(Cl)cc3)no2)CC1)N1CCCCCC1. The van der Waals surface area contributed by atoms with Crippen LogP contribution >= 0.6 is 11.6 Å². The molecule has 0 atom stereocenters. The van der Waals surface area contributed by atoms with E-state index >= 15 is 0 Å². The summed E-state index contributed by atoms with van der Waals surface area (Å²) >= 11 is 5.93. The highest BCUT2D eigenvalue weighted by Gasteiger charge is 2.23. The van der Waals surface area contributed by atoms with Crippen LogP contribution < -0.4 is 0 Å². The van der Waals surface area contributed by atoms with E-state index in [1.165, 1.54) is 12.8 Å². The smallest absolute Gasteiger partial charge is 0.241 e. The Kier molecular flexibility index (Phi) is 6.79. The zero-order valence-electron chi connectivity index (χ0n) is 16.7. The van der Waals surface area contributed by atoms with E-state index in [-0.39, 0.29) is 5.91 Å². The highest BCUT2D eigenvalue weighted by atomic mass is 35.5. The predicted molar refractivity (Wildman–Crippen MR) is 112 cm³/mol. The van der Waals surface area contributed by atoms with E-state index in [9.17, 15) is 4.79 Å². The van der Waals surface area contributed by atoms with Gasteiger partial charge in [0.1, 0.15) is 0 Å². The van der Waals surface area contributed by atoms with Crippen LogP contribution in [0, 0.1) is 0 Å². The molecule has 2 fully saturated rings. The topological polar surface area (TPSA) is 65.7 Å². The molecule has 0 N–H and O–H groups in total. The first-order valence-electron chi connectivity index (χ1n) is 10.5. The van der Waals surface area contributed by atoms with Gasteiger partial charge in [-0.05, 0) is 37.1 Å². The lowest BCUT2D eigenvalue weighted by Crippen LogP contribution is -2.49. The van der Waals surface area contributed by atoms with Gasteiger partial charge in [0, 0.05) is 49.9 Å². The Morgan fingerprint density at radius 3 is 2.28 bits per heavy atom. The number of carbonyl (C=O) groups is 1. The third-order valence-corrected chi connectivity index (χ3v) is 5.96. The van der Waals surface area contributed by atoms with Gasteiger partial charge in [-0.25, -0.2) is 0 Å². The number of piperazine rings is 1. The second-order valence-corrected chi connectivity index (χ2v) is 8.30. The first-order valence-corrected chi connectivity index (χ1v) is 10.9. The molecular weight excluding hydrogens is 390 g/mol. The number of hydrogen-bond acceptors (Lipinski definition) is 6. The van der Waals surface area contributed by atoms with E-state index in [4.69, 9.17) is 16.1 Å². The van der Waals surface area contributed by atoms with Crippen LogP contribution in [0.4, 0.5) is 0 Å². The fourth-order valence-corrected chi connectivity index (χ4v) is 4.07. The van der Waals surface area contributed by atoms with Crippen LogP contribution in [0.2, 0.25) is 5.02 Å². The summed E-state index contributed by atoms with van der Waals surface area (Å²) in [5.74, 6) is 1.48. The molecule has 2 aromatic rings. The molecule has 0 radical (unpaired) electrons. The van der Waals surface area contributed by atoms with Gasteiger partial charge < -0.3 is 9.42 Å². The van der Waals surface area contributed by atoms with E-state index in [0.717, 1.165) is 57.7 Å². The van der Waals surface area contributed by atoms with Crippen molar-refractivity contribution in [3.63, 3.8) is 0 Å². The fourth-order valence-electron chi connectivity index (χ4n) is 3.94. The average molecular weight is 418 g/mol. The van der Waals surface area contributed by atoms with Crippen LogP contribution in [-0.2, 0) is 11.3 Å². The van der Waals surface area contributed by atoms with Crippen molar-refractivity contribution in [1.29, 1.82) is 0 Å². The number of hydrogen-bond donors (Lipinski definition) is 0. The summed E-state index contributed by atoms with van der Waals surface area (Å²) in [4.78, 5) is 23.7. The van der Waals surface area contributed by atoms with Crippen LogP contribution in [0.5, 0.6) is 0 Å².